The summed E-state index contributed by atoms with van der Waals surface area (Å²) in [6.07, 6.45) is 12.7. The van der Waals surface area contributed by atoms with Crippen LogP contribution in [0.15, 0.2) is 189 Å². The second-order valence-corrected chi connectivity index (χ2v) is 44.1. The maximum atomic E-state index is 12.0. The molecule has 4 aliphatic heterocycles. The van der Waals surface area contributed by atoms with Crippen molar-refractivity contribution in [3.8, 4) is 23.0 Å². The fraction of sp³-hybridized carbons (Fsp3) is 0.481. The molecule has 0 amide bonds. The third-order valence-electron chi connectivity index (χ3n) is 31.3. The molecule has 8 aromatic rings. The van der Waals surface area contributed by atoms with Crippen LogP contribution in [0.25, 0.3) is 0 Å². The van der Waals surface area contributed by atoms with Crippen molar-refractivity contribution in [2.75, 3.05) is 57.9 Å². The molecule has 39 heteroatoms. The molecule has 4 heterocycles. The number of nitrogens with one attached hydrogen (secondary N) is 1. The van der Waals surface area contributed by atoms with Crippen LogP contribution in [0.2, 0.25) is 0 Å². The zero-order valence-electron chi connectivity index (χ0n) is 81.1. The zero-order chi connectivity index (χ0) is 100. The number of halogens is 1. The number of esters is 2. The average molecular weight is 2080 g/mol. The van der Waals surface area contributed by atoms with Crippen LogP contribution in [0.5, 0.6) is 23.0 Å². The van der Waals surface area contributed by atoms with E-state index in [1.165, 1.54) is 11.1 Å². The number of aliphatic hydroxyl groups is 1. The second kappa shape index (κ2) is 42.6. The topological polar surface area (TPSA) is 475 Å². The molecule has 21 rings (SSSR count). The summed E-state index contributed by atoms with van der Waals surface area (Å²) in [5.74, 6) is 4.39. The largest absolute Gasteiger partial charge is 0.482 e. The van der Waals surface area contributed by atoms with E-state index in [0.717, 1.165) is 191 Å². The lowest BCUT2D eigenvalue weighted by Gasteiger charge is -2.50. The van der Waals surface area contributed by atoms with Gasteiger partial charge in [-0.2, -0.15) is 25.3 Å². The van der Waals surface area contributed by atoms with E-state index < -0.39 is 49.1 Å². The first-order valence-corrected chi connectivity index (χ1v) is 53.9. The Morgan fingerprint density at radius 1 is 0.483 bits per heavy atom. The SMILES string of the molecule is Brc1cc2c(cc1/C=N/OCc1ccccc1)OCO2.CCOC(=O)COc1cc2c(cc1C)C1CCC3(C)C(O)CCC3C1C/C2=N\OCc1ccc2c(c1)=NCN=2.CCOC(=O)COc1cc2c(cc1C)C1CCC3(C)C(OS(N)(=O)=O)CCC3C1C/C2=N\OCc1ccc2c(c1)=NCN=2.Cc1cc2c(cc1NS(=O)(=O)O)/C(=N/OCc1ccc3c(c1)=NCN=3)CC1C2CCC2(C)C(OS(N)(=O)=O)CCC12. The van der Waals surface area contributed by atoms with Gasteiger partial charge < -0.3 is 52.9 Å². The molecular formula is C104H120BrN13O22S3. The summed E-state index contributed by atoms with van der Waals surface area (Å²) in [5.41, 5.74) is 15.5. The number of aryl methyl sites for hydroxylation is 3. The summed E-state index contributed by atoms with van der Waals surface area (Å²) in [7, 11) is -12.6. The van der Waals surface area contributed by atoms with Crippen molar-refractivity contribution in [2.45, 2.75) is 214 Å². The van der Waals surface area contributed by atoms with Gasteiger partial charge in [0.1, 0.15) is 57.9 Å². The third kappa shape index (κ3) is 22.6. The summed E-state index contributed by atoms with van der Waals surface area (Å²) in [6, 6.07) is 43.2. The number of oxime groups is 4. The Morgan fingerprint density at radius 3 is 1.31 bits per heavy atom. The number of benzene rings is 8. The van der Waals surface area contributed by atoms with E-state index in [1.807, 2.05) is 129 Å². The molecule has 0 radical (unpaired) electrons. The number of rotatable bonds is 27. The predicted octanol–water partition coefficient (Wildman–Crippen LogP) is 12.7. The minimum atomic E-state index is -4.48. The van der Waals surface area contributed by atoms with Gasteiger partial charge in [-0.3, -0.25) is 47.6 Å². The van der Waals surface area contributed by atoms with Gasteiger partial charge in [-0.15, -0.1) is 0 Å². The van der Waals surface area contributed by atoms with Crippen LogP contribution in [0.1, 0.15) is 227 Å². The van der Waals surface area contributed by atoms with E-state index in [4.69, 9.17) is 71.6 Å². The van der Waals surface area contributed by atoms with Crippen LogP contribution in [-0.4, -0.2) is 142 Å². The molecule has 8 aromatic carbocycles. The first-order valence-electron chi connectivity index (χ1n) is 48.7. The first-order chi connectivity index (χ1) is 68.6. The Balaban J connectivity index is 0.000000129. The standard InChI is InChI=1S/C31H38N4O7S.C31H37N3O5.C27H33N5O7S2.C15H12BrNO3/c1-4-39-30(36)16-40-28-14-23-21(11-18(28)2)20-9-10-31(3)24(6-8-29(31)42-43(32,37)38)22(20)13-26(23)35-41-15-19-5-7-25-27(12-19)34-17-33-25;1-4-37-30(36)16-38-28-14-23-21(11-18(28)2)20-9-10-31(3)24(6-8-29(31)35)22(20)13-26(23)34-39-15-19-5-7-25-27(12-19)33-17-32-25;1-15-9-18-17-7-8-27(2)21(4-6-26(27)39-40(28,33)34)19(17)11-24(20(18)12-23(15)32-41(35,36)37)31-38-13-16-3-5-22-25(10-16)30-14-29-22;16-13-7-15-14(18-10-19-15)6-12(13)8-17-20-9-11-4-2-1-3-5-11/h5,7,11-12,14,20,22,24,29H,4,6,8-10,13,15-17H2,1-3H3,(H2,32,37,38);5,7,11-12,14,20,22,24,29,35H,4,6,8-10,13,15-17H2,1-3H3;3,5,9-10,12,17,19,21,26,32H,4,6-8,11,13-14H2,1-2H3,(H2,28,33,34)(H,35,36,37);1-8H,9-10H2/b35-26+;34-26+;31-24+;17-8+. The number of fused-ring (bicyclic) bond motifs is 19. The van der Waals surface area contributed by atoms with Gasteiger partial charge in [-0.05, 0) is 339 Å². The monoisotopic (exact) mass is 2080 g/mol. The number of hydrogen-bond donors (Lipinski definition) is 5. The Kier molecular flexibility index (Phi) is 30.3. The van der Waals surface area contributed by atoms with Crippen LogP contribution >= 0.6 is 15.9 Å². The average Bonchev–Trinajstić information content (AvgIpc) is 1.67. The number of nitrogens with zero attached hydrogens (tertiary/aromatic N) is 10. The molecule has 143 heavy (non-hydrogen) atoms. The summed E-state index contributed by atoms with van der Waals surface area (Å²) < 4.78 is 126. The molecule has 0 saturated heterocycles. The normalized spacial score (nSPS) is 26.7. The van der Waals surface area contributed by atoms with Gasteiger partial charge in [-0.1, -0.05) is 108 Å². The van der Waals surface area contributed by atoms with Gasteiger partial charge in [0.25, 0.3) is 0 Å². The Bertz CT molecular complexity index is 7170. The van der Waals surface area contributed by atoms with E-state index in [0.29, 0.717) is 113 Å². The fourth-order valence-electron chi connectivity index (χ4n) is 24.4. The molecule has 0 bridgehead atoms. The molecular weight excluding hydrogens is 1960 g/mol. The Hall–Kier alpha value is -11.5. The van der Waals surface area contributed by atoms with Gasteiger partial charge in [-0.25, -0.2) is 19.9 Å². The van der Waals surface area contributed by atoms with Gasteiger partial charge in [0.05, 0.1) is 92.7 Å². The molecule has 7 N–H and O–H groups in total. The third-order valence-corrected chi connectivity index (χ3v) is 33.4. The van der Waals surface area contributed by atoms with Crippen molar-refractivity contribution in [1.82, 2.24) is 0 Å². The Morgan fingerprint density at radius 2 is 0.881 bits per heavy atom. The first kappa shape index (κ1) is 102. The lowest BCUT2D eigenvalue weighted by atomic mass is 9.55. The summed E-state index contributed by atoms with van der Waals surface area (Å²) in [5, 5.41) is 44.6. The molecule has 9 aliphatic carbocycles. The van der Waals surface area contributed by atoms with Gasteiger partial charge in [0, 0.05) is 26.7 Å². The van der Waals surface area contributed by atoms with Crippen molar-refractivity contribution < 1.29 is 101 Å². The lowest BCUT2D eigenvalue weighted by Crippen LogP contribution is -2.46. The van der Waals surface area contributed by atoms with Crippen molar-refractivity contribution in [3.05, 3.63) is 248 Å². The maximum absolute atomic E-state index is 12.0. The smallest absolute Gasteiger partial charge is 0.357 e. The molecule has 13 aliphatic rings. The quantitative estimate of drug-likeness (QED) is 0.0138. The number of carbonyl (C=O) groups excluding carboxylic acids is 2. The number of hydrogen-bond acceptors (Lipinski definition) is 31. The minimum Gasteiger partial charge on any atom is -0.482 e. The lowest BCUT2D eigenvalue weighted by molar-refractivity contribution is -0.146. The molecule has 0 aromatic heterocycles. The molecule has 35 nitrogen and oxygen atoms in total. The summed E-state index contributed by atoms with van der Waals surface area (Å²) >= 11 is 3.46. The molecule has 0 spiro atoms. The Labute approximate surface area is 838 Å². The van der Waals surface area contributed by atoms with Crippen LogP contribution in [0, 0.1) is 72.5 Å². The van der Waals surface area contributed by atoms with E-state index in [2.05, 4.69) is 99.0 Å². The molecule has 15 atom stereocenters. The number of anilines is 1. The minimum absolute atomic E-state index is 0.0403. The number of nitrogens with two attached hydrogens (primary N) is 2. The van der Waals surface area contributed by atoms with Crippen molar-refractivity contribution >= 4 is 87.8 Å². The van der Waals surface area contributed by atoms with E-state index >= 15 is 0 Å². The highest BCUT2D eigenvalue weighted by atomic mass is 79.9. The van der Waals surface area contributed by atoms with Gasteiger partial charge in [0.15, 0.2) is 24.7 Å². The molecule has 758 valence electrons. The zero-order valence-corrected chi connectivity index (χ0v) is 85.1. The second-order valence-electron chi connectivity index (χ2n) is 39.7. The van der Waals surface area contributed by atoms with Crippen molar-refractivity contribution in [3.63, 3.8) is 0 Å². The van der Waals surface area contributed by atoms with Crippen LogP contribution in [-0.2, 0) is 104 Å². The molecule has 15 unspecified atom stereocenters. The highest BCUT2D eigenvalue weighted by molar-refractivity contribution is 9.10. The predicted molar refractivity (Wildman–Crippen MR) is 532 cm³/mol. The highest BCUT2D eigenvalue weighted by Crippen LogP contribution is 2.65. The van der Waals surface area contributed by atoms with Gasteiger partial charge in [0.2, 0.25) is 6.79 Å². The summed E-state index contributed by atoms with van der Waals surface area (Å²) in [6.45, 7) is 19.0. The van der Waals surface area contributed by atoms with Crippen LogP contribution in [0.4, 0.5) is 5.69 Å². The van der Waals surface area contributed by atoms with Crippen molar-refractivity contribution in [1.29, 1.82) is 0 Å². The van der Waals surface area contributed by atoms with Crippen molar-refractivity contribution in [2.24, 2.45) is 113 Å². The number of carbonyl (C=O) groups is 2. The number of aliphatic hydroxyl groups excluding tert-OH is 1. The highest BCUT2D eigenvalue weighted by Gasteiger charge is 2.60. The number of ether oxygens (including phenoxy) is 6. The van der Waals surface area contributed by atoms with Crippen LogP contribution in [0.3, 0.4) is 0 Å². The van der Waals surface area contributed by atoms with Gasteiger partial charge >= 0.3 is 42.9 Å². The summed E-state index contributed by atoms with van der Waals surface area (Å²) in [4.78, 5) is 73.2. The van der Waals surface area contributed by atoms with Crippen LogP contribution < -0.4 is 66.1 Å². The maximum Gasteiger partial charge on any atom is 0.357 e. The van der Waals surface area contributed by atoms with E-state index in [1.54, 1.807) is 33.1 Å². The molecule has 6 saturated carbocycles. The molecule has 6 fully saturated rings. The van der Waals surface area contributed by atoms with E-state index in [9.17, 15) is 44.5 Å². The van der Waals surface area contributed by atoms with E-state index in [-0.39, 0.29) is 103 Å². The fourth-order valence-corrected chi connectivity index (χ4v) is 26.6.